The average molecular weight is 337 g/mol. The van der Waals surface area contributed by atoms with E-state index in [9.17, 15) is 9.18 Å². The number of ether oxygens (including phenoxy) is 1. The maximum Gasteiger partial charge on any atom is 0.234 e. The van der Waals surface area contributed by atoms with Crippen molar-refractivity contribution in [2.75, 3.05) is 39.9 Å². The van der Waals surface area contributed by atoms with Gasteiger partial charge in [0.15, 0.2) is 0 Å². The average Bonchev–Trinajstić information content (AvgIpc) is 2.55. The number of piperazine rings is 1. The summed E-state index contributed by atoms with van der Waals surface area (Å²) in [4.78, 5) is 14.7. The lowest BCUT2D eigenvalue weighted by Gasteiger charge is -2.35. The fourth-order valence-corrected chi connectivity index (χ4v) is 3.08. The van der Waals surface area contributed by atoms with E-state index in [1.54, 1.807) is 19.2 Å². The lowest BCUT2D eigenvalue weighted by atomic mass is 9.96. The van der Waals surface area contributed by atoms with Gasteiger partial charge < -0.3 is 15.4 Å². The molecule has 6 heteroatoms. The van der Waals surface area contributed by atoms with E-state index < -0.39 is 0 Å². The summed E-state index contributed by atoms with van der Waals surface area (Å²) in [7, 11) is 1.68. The van der Waals surface area contributed by atoms with Crippen LogP contribution in [0.1, 0.15) is 25.5 Å². The smallest absolute Gasteiger partial charge is 0.234 e. The summed E-state index contributed by atoms with van der Waals surface area (Å²) in [5.74, 6) is -0.0611. The van der Waals surface area contributed by atoms with Gasteiger partial charge >= 0.3 is 0 Å². The molecule has 1 saturated heterocycles. The molecule has 0 spiro atoms. The number of hydrogen-bond donors (Lipinski definition) is 2. The topological polar surface area (TPSA) is 53.6 Å². The Morgan fingerprint density at radius 2 is 2.12 bits per heavy atom. The Kier molecular flexibility index (Phi) is 7.15. The Balaban J connectivity index is 1.98. The molecule has 0 radical (unpaired) electrons. The Morgan fingerprint density at radius 1 is 1.42 bits per heavy atom. The van der Waals surface area contributed by atoms with Gasteiger partial charge in [0.1, 0.15) is 5.82 Å². The van der Waals surface area contributed by atoms with Crippen molar-refractivity contribution in [1.29, 1.82) is 0 Å². The highest BCUT2D eigenvalue weighted by atomic mass is 19.1. The molecule has 0 aromatic heterocycles. The first-order chi connectivity index (χ1) is 11.5. The van der Waals surface area contributed by atoms with Crippen LogP contribution in [0.3, 0.4) is 0 Å². The quantitative estimate of drug-likeness (QED) is 0.793. The maximum atomic E-state index is 13.1. The number of amides is 1. The number of methoxy groups -OCH3 is 1. The van der Waals surface area contributed by atoms with Crippen LogP contribution < -0.4 is 10.6 Å². The van der Waals surface area contributed by atoms with Gasteiger partial charge in [-0.2, -0.15) is 0 Å². The summed E-state index contributed by atoms with van der Waals surface area (Å²) in [5, 5.41) is 6.42. The molecule has 1 aromatic carbocycles. The second-order valence-corrected chi connectivity index (χ2v) is 6.62. The predicted octanol–water partition coefficient (Wildman–Crippen LogP) is 1.56. The molecule has 2 rings (SSSR count). The monoisotopic (exact) mass is 337 g/mol. The molecule has 0 saturated carbocycles. The van der Waals surface area contributed by atoms with Gasteiger partial charge in [-0.25, -0.2) is 4.39 Å². The van der Waals surface area contributed by atoms with Gasteiger partial charge in [-0.1, -0.05) is 26.0 Å². The van der Waals surface area contributed by atoms with Gasteiger partial charge in [0.2, 0.25) is 5.91 Å². The molecule has 24 heavy (non-hydrogen) atoms. The number of carbonyl (C=O) groups is 1. The minimum atomic E-state index is -0.268. The van der Waals surface area contributed by atoms with Crippen LogP contribution in [-0.2, 0) is 9.53 Å². The molecule has 2 atom stereocenters. The second-order valence-electron chi connectivity index (χ2n) is 6.62. The molecule has 0 bridgehead atoms. The fraction of sp³-hybridized carbons (Fsp3) is 0.611. The highest BCUT2D eigenvalue weighted by molar-refractivity contribution is 5.78. The van der Waals surface area contributed by atoms with Crippen molar-refractivity contribution in [3.05, 3.63) is 35.6 Å². The van der Waals surface area contributed by atoms with Crippen LogP contribution in [0.2, 0.25) is 0 Å². The Morgan fingerprint density at radius 3 is 2.75 bits per heavy atom. The van der Waals surface area contributed by atoms with E-state index in [4.69, 9.17) is 4.74 Å². The van der Waals surface area contributed by atoms with Crippen LogP contribution in [0.4, 0.5) is 4.39 Å². The SMILES string of the molecule is COCC1CNCCN1CC(=O)NC(c1ccc(F)cc1)C(C)C. The first-order valence-corrected chi connectivity index (χ1v) is 8.49. The van der Waals surface area contributed by atoms with E-state index in [2.05, 4.69) is 15.5 Å². The standard InChI is InChI=1S/C18H28FN3O2/c1-13(2)18(14-4-6-15(19)7-5-14)21-17(23)11-22-9-8-20-10-16(22)12-24-3/h4-7,13,16,18,20H,8-12H2,1-3H3,(H,21,23). The van der Waals surface area contributed by atoms with Crippen molar-refractivity contribution in [2.45, 2.75) is 25.9 Å². The maximum absolute atomic E-state index is 13.1. The molecule has 2 unspecified atom stereocenters. The van der Waals surface area contributed by atoms with Gasteiger partial charge in [-0.3, -0.25) is 9.69 Å². The highest BCUT2D eigenvalue weighted by Crippen LogP contribution is 2.22. The van der Waals surface area contributed by atoms with E-state index in [0.29, 0.717) is 13.2 Å². The molecular weight excluding hydrogens is 309 g/mol. The number of hydrogen-bond acceptors (Lipinski definition) is 4. The minimum absolute atomic E-state index is 0.0129. The van der Waals surface area contributed by atoms with Crippen LogP contribution in [-0.4, -0.2) is 56.7 Å². The third kappa shape index (κ3) is 5.26. The zero-order valence-electron chi connectivity index (χ0n) is 14.7. The molecule has 5 nitrogen and oxygen atoms in total. The van der Waals surface area contributed by atoms with Gasteiger partial charge in [-0.15, -0.1) is 0 Å². The first-order valence-electron chi connectivity index (χ1n) is 8.49. The van der Waals surface area contributed by atoms with E-state index in [0.717, 1.165) is 25.2 Å². The summed E-state index contributed by atoms with van der Waals surface area (Å²) in [5.41, 5.74) is 0.925. The normalized spacial score (nSPS) is 20.1. The predicted molar refractivity (Wildman–Crippen MR) is 92.2 cm³/mol. The Bertz CT molecular complexity index is 520. The Labute approximate surface area is 143 Å². The number of rotatable bonds is 7. The lowest BCUT2D eigenvalue weighted by molar-refractivity contribution is -0.124. The van der Waals surface area contributed by atoms with Crippen molar-refractivity contribution >= 4 is 5.91 Å². The van der Waals surface area contributed by atoms with Gasteiger partial charge in [0.05, 0.1) is 19.2 Å². The van der Waals surface area contributed by atoms with Gasteiger partial charge in [-0.05, 0) is 23.6 Å². The van der Waals surface area contributed by atoms with Gasteiger partial charge in [0, 0.05) is 32.8 Å². The molecule has 134 valence electrons. The highest BCUT2D eigenvalue weighted by Gasteiger charge is 2.25. The zero-order chi connectivity index (χ0) is 17.5. The summed E-state index contributed by atoms with van der Waals surface area (Å²) in [6.07, 6.45) is 0. The Hall–Kier alpha value is -1.50. The third-order valence-electron chi connectivity index (χ3n) is 4.39. The summed E-state index contributed by atoms with van der Waals surface area (Å²) < 4.78 is 18.4. The number of nitrogens with zero attached hydrogens (tertiary/aromatic N) is 1. The molecule has 1 amide bonds. The molecule has 1 aliphatic heterocycles. The van der Waals surface area contributed by atoms with Crippen LogP contribution in [0.5, 0.6) is 0 Å². The lowest BCUT2D eigenvalue weighted by Crippen LogP contribution is -2.55. The van der Waals surface area contributed by atoms with Crippen molar-refractivity contribution in [3.8, 4) is 0 Å². The molecular formula is C18H28FN3O2. The van der Waals surface area contributed by atoms with Crippen LogP contribution in [0.15, 0.2) is 24.3 Å². The van der Waals surface area contributed by atoms with E-state index in [-0.39, 0.29) is 29.7 Å². The largest absolute Gasteiger partial charge is 0.383 e. The van der Waals surface area contributed by atoms with Crippen molar-refractivity contribution in [2.24, 2.45) is 5.92 Å². The molecule has 1 aromatic rings. The third-order valence-corrected chi connectivity index (χ3v) is 4.39. The molecule has 1 fully saturated rings. The number of halogens is 1. The molecule has 1 aliphatic rings. The van der Waals surface area contributed by atoms with E-state index in [1.807, 2.05) is 13.8 Å². The van der Waals surface area contributed by atoms with E-state index >= 15 is 0 Å². The van der Waals surface area contributed by atoms with Crippen molar-refractivity contribution in [1.82, 2.24) is 15.5 Å². The molecule has 2 N–H and O–H groups in total. The first kappa shape index (κ1) is 18.8. The number of benzene rings is 1. The second kappa shape index (κ2) is 9.11. The molecule has 0 aliphatic carbocycles. The fourth-order valence-electron chi connectivity index (χ4n) is 3.08. The van der Waals surface area contributed by atoms with Crippen LogP contribution >= 0.6 is 0 Å². The van der Waals surface area contributed by atoms with Crippen molar-refractivity contribution in [3.63, 3.8) is 0 Å². The minimum Gasteiger partial charge on any atom is -0.383 e. The van der Waals surface area contributed by atoms with E-state index in [1.165, 1.54) is 12.1 Å². The van der Waals surface area contributed by atoms with Gasteiger partial charge in [0.25, 0.3) is 0 Å². The van der Waals surface area contributed by atoms with Crippen molar-refractivity contribution < 1.29 is 13.9 Å². The summed E-state index contributed by atoms with van der Waals surface area (Å²) in [6.45, 7) is 7.57. The number of carbonyl (C=O) groups excluding carboxylic acids is 1. The van der Waals surface area contributed by atoms with Crippen LogP contribution in [0.25, 0.3) is 0 Å². The summed E-state index contributed by atoms with van der Waals surface area (Å²) >= 11 is 0. The molecule has 1 heterocycles. The van der Waals surface area contributed by atoms with Crippen LogP contribution in [0, 0.1) is 11.7 Å². The zero-order valence-corrected chi connectivity index (χ0v) is 14.7. The number of nitrogens with one attached hydrogen (secondary N) is 2. The summed E-state index contributed by atoms with van der Waals surface area (Å²) in [6, 6.07) is 6.42.